The van der Waals surface area contributed by atoms with E-state index in [0.29, 0.717) is 0 Å². The number of benzene rings is 1. The molecule has 1 aromatic rings. The standard InChI is InChI=1S/C12H16ClNS.C2H6/c1-10-6-8-14(9-7-10)15-12-4-2-11(13)3-5-12;1-2/h2-5,10H,6-9H2,1H3;1-2H3. The molecule has 0 radical (unpaired) electrons. The molecule has 1 aliphatic rings. The fraction of sp³-hybridized carbons (Fsp3) is 0.571. The summed E-state index contributed by atoms with van der Waals surface area (Å²) >= 11 is 7.70. The number of halogens is 1. The van der Waals surface area contributed by atoms with Gasteiger partial charge in [-0.3, -0.25) is 0 Å². The molecule has 1 aromatic carbocycles. The topological polar surface area (TPSA) is 3.24 Å². The molecule has 3 heteroatoms. The van der Waals surface area contributed by atoms with Crippen LogP contribution in [0.3, 0.4) is 0 Å². The Labute approximate surface area is 115 Å². The summed E-state index contributed by atoms with van der Waals surface area (Å²) in [4.78, 5) is 1.29. The third-order valence-corrected chi connectivity index (χ3v) is 4.15. The van der Waals surface area contributed by atoms with Crippen molar-refractivity contribution < 1.29 is 0 Å². The lowest BCUT2D eigenvalue weighted by molar-refractivity contribution is 0.308. The van der Waals surface area contributed by atoms with Gasteiger partial charge in [-0.2, -0.15) is 0 Å². The predicted octanol–water partition coefficient (Wildman–Crippen LogP) is 5.11. The molecule has 17 heavy (non-hydrogen) atoms. The predicted molar refractivity (Wildman–Crippen MR) is 78.6 cm³/mol. The average molecular weight is 272 g/mol. The highest BCUT2D eigenvalue weighted by molar-refractivity contribution is 7.97. The monoisotopic (exact) mass is 271 g/mol. The van der Waals surface area contributed by atoms with E-state index in [1.54, 1.807) is 0 Å². The van der Waals surface area contributed by atoms with Gasteiger partial charge in [0.05, 0.1) is 0 Å². The van der Waals surface area contributed by atoms with E-state index in [1.165, 1.54) is 30.8 Å². The molecular weight excluding hydrogens is 250 g/mol. The second kappa shape index (κ2) is 8.02. The lowest BCUT2D eigenvalue weighted by atomic mass is 10.0. The molecule has 96 valence electrons. The molecule has 0 aliphatic carbocycles. The van der Waals surface area contributed by atoms with Crippen LogP contribution in [0.25, 0.3) is 0 Å². The summed E-state index contributed by atoms with van der Waals surface area (Å²) in [6.07, 6.45) is 2.64. The molecule has 0 unspecified atom stereocenters. The zero-order valence-corrected chi connectivity index (χ0v) is 12.5. The fourth-order valence-electron chi connectivity index (χ4n) is 1.72. The Balaban J connectivity index is 0.000000686. The SMILES string of the molecule is CC.CC1CCN(Sc2ccc(Cl)cc2)CC1. The maximum absolute atomic E-state index is 5.85. The molecule has 1 saturated heterocycles. The summed E-state index contributed by atoms with van der Waals surface area (Å²) in [5.74, 6) is 0.895. The fourth-order valence-corrected chi connectivity index (χ4v) is 2.80. The Bertz CT molecular complexity index is 305. The van der Waals surface area contributed by atoms with Crippen molar-refractivity contribution in [3.05, 3.63) is 29.3 Å². The van der Waals surface area contributed by atoms with Gasteiger partial charge in [-0.25, -0.2) is 4.31 Å². The lowest BCUT2D eigenvalue weighted by Gasteiger charge is -2.28. The van der Waals surface area contributed by atoms with Crippen LogP contribution in [0.4, 0.5) is 0 Å². The van der Waals surface area contributed by atoms with Crippen molar-refractivity contribution in [2.24, 2.45) is 5.92 Å². The van der Waals surface area contributed by atoms with Crippen LogP contribution in [-0.4, -0.2) is 17.4 Å². The van der Waals surface area contributed by atoms with Gasteiger partial charge in [-0.15, -0.1) is 0 Å². The summed E-state index contributed by atoms with van der Waals surface area (Å²) in [7, 11) is 0. The molecule has 1 heterocycles. The number of hydrogen-bond donors (Lipinski definition) is 0. The Morgan fingerprint density at radius 1 is 1.12 bits per heavy atom. The summed E-state index contributed by atoms with van der Waals surface area (Å²) in [5, 5.41) is 0.812. The number of piperidine rings is 1. The number of hydrogen-bond acceptors (Lipinski definition) is 2. The van der Waals surface area contributed by atoms with Gasteiger partial charge in [0.2, 0.25) is 0 Å². The first-order valence-electron chi connectivity index (χ1n) is 6.42. The van der Waals surface area contributed by atoms with Crippen molar-refractivity contribution in [1.82, 2.24) is 4.31 Å². The lowest BCUT2D eigenvalue weighted by Crippen LogP contribution is -2.27. The molecule has 1 aliphatic heterocycles. The van der Waals surface area contributed by atoms with Gasteiger partial charge < -0.3 is 0 Å². The minimum Gasteiger partial charge on any atom is -0.246 e. The first kappa shape index (κ1) is 14.9. The third kappa shape index (κ3) is 5.33. The molecule has 1 fully saturated rings. The van der Waals surface area contributed by atoms with Gasteiger partial charge in [-0.1, -0.05) is 32.4 Å². The maximum Gasteiger partial charge on any atom is 0.0406 e. The maximum atomic E-state index is 5.85. The number of rotatable bonds is 2. The third-order valence-electron chi connectivity index (χ3n) is 2.79. The molecular formula is C14H22ClNS. The molecule has 0 atom stereocenters. The van der Waals surface area contributed by atoms with Gasteiger partial charge in [0, 0.05) is 23.0 Å². The second-order valence-corrected chi connectivity index (χ2v) is 5.76. The van der Waals surface area contributed by atoms with Gasteiger partial charge in [0.1, 0.15) is 0 Å². The first-order chi connectivity index (χ1) is 8.24. The van der Waals surface area contributed by atoms with Crippen LogP contribution in [0.5, 0.6) is 0 Å². The van der Waals surface area contributed by atoms with E-state index in [-0.39, 0.29) is 0 Å². The first-order valence-corrected chi connectivity index (χ1v) is 7.57. The summed E-state index contributed by atoms with van der Waals surface area (Å²) < 4.78 is 2.45. The summed E-state index contributed by atoms with van der Waals surface area (Å²) in [6.45, 7) is 8.74. The zero-order valence-electron chi connectivity index (χ0n) is 10.9. The van der Waals surface area contributed by atoms with Crippen LogP contribution in [-0.2, 0) is 0 Å². The van der Waals surface area contributed by atoms with Crippen molar-refractivity contribution in [3.63, 3.8) is 0 Å². The largest absolute Gasteiger partial charge is 0.246 e. The van der Waals surface area contributed by atoms with E-state index in [4.69, 9.17) is 11.6 Å². The van der Waals surface area contributed by atoms with Crippen LogP contribution < -0.4 is 0 Å². The highest BCUT2D eigenvalue weighted by Crippen LogP contribution is 2.28. The van der Waals surface area contributed by atoms with Crippen molar-refractivity contribution in [1.29, 1.82) is 0 Å². The van der Waals surface area contributed by atoms with E-state index in [2.05, 4.69) is 23.4 Å². The van der Waals surface area contributed by atoms with Crippen molar-refractivity contribution in [2.75, 3.05) is 13.1 Å². The Hall–Kier alpha value is -0.180. The van der Waals surface area contributed by atoms with Gasteiger partial charge in [0.25, 0.3) is 0 Å². The van der Waals surface area contributed by atoms with Crippen molar-refractivity contribution in [2.45, 2.75) is 38.5 Å². The molecule has 0 bridgehead atoms. The quantitative estimate of drug-likeness (QED) is 0.688. The smallest absolute Gasteiger partial charge is 0.0406 e. The molecule has 2 rings (SSSR count). The average Bonchev–Trinajstić information content (AvgIpc) is 2.37. The Kier molecular flexibility index (Phi) is 7.02. The van der Waals surface area contributed by atoms with Crippen LogP contribution >= 0.6 is 23.5 Å². The molecule has 0 amide bonds. The normalized spacial score (nSPS) is 17.4. The van der Waals surface area contributed by atoms with Gasteiger partial charge >= 0.3 is 0 Å². The molecule has 0 aromatic heterocycles. The van der Waals surface area contributed by atoms with E-state index < -0.39 is 0 Å². The molecule has 0 N–H and O–H groups in total. The minimum absolute atomic E-state index is 0.812. The zero-order chi connectivity index (χ0) is 12.7. The van der Waals surface area contributed by atoms with Crippen LogP contribution in [0.1, 0.15) is 33.6 Å². The highest BCUT2D eigenvalue weighted by atomic mass is 35.5. The molecule has 0 spiro atoms. The Morgan fingerprint density at radius 2 is 1.65 bits per heavy atom. The van der Waals surface area contributed by atoms with Gasteiger partial charge in [-0.05, 0) is 55.0 Å². The summed E-state index contributed by atoms with van der Waals surface area (Å²) in [6, 6.07) is 8.09. The molecule has 1 nitrogen and oxygen atoms in total. The highest BCUT2D eigenvalue weighted by Gasteiger charge is 2.16. The summed E-state index contributed by atoms with van der Waals surface area (Å²) in [5.41, 5.74) is 0. The van der Waals surface area contributed by atoms with Crippen molar-refractivity contribution >= 4 is 23.5 Å². The second-order valence-electron chi connectivity index (χ2n) is 4.16. The van der Waals surface area contributed by atoms with Crippen LogP contribution in [0.15, 0.2) is 29.2 Å². The molecule has 0 saturated carbocycles. The van der Waals surface area contributed by atoms with Crippen LogP contribution in [0, 0.1) is 5.92 Å². The minimum atomic E-state index is 0.812. The van der Waals surface area contributed by atoms with Crippen molar-refractivity contribution in [3.8, 4) is 0 Å². The van der Waals surface area contributed by atoms with Crippen LogP contribution in [0.2, 0.25) is 5.02 Å². The van der Waals surface area contributed by atoms with Gasteiger partial charge in [0.15, 0.2) is 0 Å². The van der Waals surface area contributed by atoms with E-state index >= 15 is 0 Å². The van der Waals surface area contributed by atoms with E-state index in [0.717, 1.165) is 10.9 Å². The van der Waals surface area contributed by atoms with E-state index in [9.17, 15) is 0 Å². The number of nitrogens with zero attached hydrogens (tertiary/aromatic N) is 1. The Morgan fingerprint density at radius 3 is 2.18 bits per heavy atom. The van der Waals surface area contributed by atoms with E-state index in [1.807, 2.05) is 37.9 Å².